The molecule has 7 heteroatoms. The van der Waals surface area contributed by atoms with Gasteiger partial charge in [-0.1, -0.05) is 24.3 Å². The number of hydrogen-bond donors (Lipinski definition) is 1. The molecule has 6 nitrogen and oxygen atoms in total. The molecule has 0 amide bonds. The average molecular weight is 457 g/mol. The Balaban J connectivity index is 1.70. The number of rotatable bonds is 6. The number of methoxy groups -OCH3 is 2. The van der Waals surface area contributed by atoms with Gasteiger partial charge in [-0.2, -0.15) is 0 Å². The van der Waals surface area contributed by atoms with Crippen molar-refractivity contribution in [3.63, 3.8) is 0 Å². The molecule has 0 unspecified atom stereocenters. The van der Waals surface area contributed by atoms with Crippen molar-refractivity contribution in [3.8, 4) is 17.2 Å². The highest BCUT2D eigenvalue weighted by molar-refractivity contribution is 7.80. The molecule has 0 saturated carbocycles. The standard InChI is InChI=1S/C26H24N4O2S/c1-31-19-13-14-23(32-2)22(17-19)30-25(24(28-26(30)33)20-11-6-7-15-27-20)21-12-8-16-29(21)18-9-4-3-5-10-18/h3-17,24-25H,1-2H3,(H,28,33)/t24-,25-/m0/s1. The first kappa shape index (κ1) is 21.0. The summed E-state index contributed by atoms with van der Waals surface area (Å²) in [7, 11) is 3.32. The van der Waals surface area contributed by atoms with Crippen molar-refractivity contribution in [3.05, 3.63) is 103 Å². The summed E-state index contributed by atoms with van der Waals surface area (Å²) in [6.07, 6.45) is 3.88. The Hall–Kier alpha value is -3.84. The van der Waals surface area contributed by atoms with Crippen LogP contribution in [0, 0.1) is 0 Å². The Kier molecular flexibility index (Phi) is 5.71. The molecule has 1 fully saturated rings. The lowest BCUT2D eigenvalue weighted by molar-refractivity contribution is 0.402. The van der Waals surface area contributed by atoms with E-state index in [1.807, 2.05) is 60.8 Å². The summed E-state index contributed by atoms with van der Waals surface area (Å²) in [5.41, 5.74) is 3.90. The van der Waals surface area contributed by atoms with Crippen LogP contribution in [0.5, 0.6) is 11.5 Å². The molecule has 1 N–H and O–H groups in total. The number of para-hydroxylation sites is 1. The molecule has 1 aliphatic heterocycles. The minimum absolute atomic E-state index is 0.160. The average Bonchev–Trinajstić information content (AvgIpc) is 3.49. The lowest BCUT2D eigenvalue weighted by atomic mass is 10.0. The Morgan fingerprint density at radius 3 is 2.45 bits per heavy atom. The van der Waals surface area contributed by atoms with Crippen molar-refractivity contribution in [2.75, 3.05) is 19.1 Å². The van der Waals surface area contributed by atoms with Crippen LogP contribution in [0.2, 0.25) is 0 Å². The number of nitrogens with zero attached hydrogens (tertiary/aromatic N) is 3. The fourth-order valence-corrected chi connectivity index (χ4v) is 4.70. The van der Waals surface area contributed by atoms with E-state index in [1.54, 1.807) is 14.2 Å². The summed E-state index contributed by atoms with van der Waals surface area (Å²) < 4.78 is 13.4. The first-order chi connectivity index (χ1) is 16.2. The van der Waals surface area contributed by atoms with Crippen LogP contribution in [0.3, 0.4) is 0 Å². The third-order valence-electron chi connectivity index (χ3n) is 5.86. The lowest BCUT2D eigenvalue weighted by Gasteiger charge is -2.30. The van der Waals surface area contributed by atoms with Gasteiger partial charge in [-0.15, -0.1) is 0 Å². The normalized spacial score (nSPS) is 17.6. The van der Waals surface area contributed by atoms with E-state index < -0.39 is 0 Å². The molecule has 0 bridgehead atoms. The van der Waals surface area contributed by atoms with E-state index in [4.69, 9.17) is 21.7 Å². The second kappa shape index (κ2) is 8.96. The van der Waals surface area contributed by atoms with Gasteiger partial charge in [0.25, 0.3) is 0 Å². The van der Waals surface area contributed by atoms with Gasteiger partial charge in [-0.3, -0.25) is 4.98 Å². The Labute approximate surface area is 198 Å². The molecule has 2 aromatic heterocycles. The molecule has 4 aromatic rings. The van der Waals surface area contributed by atoms with Crippen LogP contribution < -0.4 is 19.7 Å². The zero-order valence-corrected chi connectivity index (χ0v) is 19.2. The molecule has 0 spiro atoms. The van der Waals surface area contributed by atoms with Gasteiger partial charge in [0, 0.05) is 29.8 Å². The molecule has 1 saturated heterocycles. The van der Waals surface area contributed by atoms with E-state index in [9.17, 15) is 0 Å². The Bertz CT molecular complexity index is 1260. The van der Waals surface area contributed by atoms with Crippen molar-refractivity contribution >= 4 is 23.0 Å². The van der Waals surface area contributed by atoms with E-state index in [-0.39, 0.29) is 12.1 Å². The van der Waals surface area contributed by atoms with Crippen molar-refractivity contribution in [2.45, 2.75) is 12.1 Å². The van der Waals surface area contributed by atoms with Gasteiger partial charge in [-0.25, -0.2) is 0 Å². The van der Waals surface area contributed by atoms with E-state index in [0.29, 0.717) is 10.9 Å². The molecule has 2 aromatic carbocycles. The number of hydrogen-bond acceptors (Lipinski definition) is 4. The minimum atomic E-state index is -0.177. The van der Waals surface area contributed by atoms with Gasteiger partial charge in [0.1, 0.15) is 17.5 Å². The molecule has 3 heterocycles. The highest BCUT2D eigenvalue weighted by Gasteiger charge is 2.43. The summed E-state index contributed by atoms with van der Waals surface area (Å²) in [5.74, 6) is 1.44. The smallest absolute Gasteiger partial charge is 0.174 e. The fourth-order valence-electron chi connectivity index (χ4n) is 4.36. The van der Waals surface area contributed by atoms with Gasteiger partial charge < -0.3 is 24.3 Å². The van der Waals surface area contributed by atoms with Crippen molar-refractivity contribution in [1.82, 2.24) is 14.9 Å². The van der Waals surface area contributed by atoms with Crippen molar-refractivity contribution < 1.29 is 9.47 Å². The number of nitrogens with one attached hydrogen (secondary N) is 1. The molecular weight excluding hydrogens is 432 g/mol. The summed E-state index contributed by atoms with van der Waals surface area (Å²) in [6, 6.07) is 25.8. The second-order valence-electron chi connectivity index (χ2n) is 7.67. The van der Waals surface area contributed by atoms with Gasteiger partial charge in [0.05, 0.1) is 31.6 Å². The predicted octanol–water partition coefficient (Wildman–Crippen LogP) is 5.07. The first-order valence-corrected chi connectivity index (χ1v) is 11.1. The molecule has 0 radical (unpaired) electrons. The zero-order valence-electron chi connectivity index (χ0n) is 18.4. The number of ether oxygens (including phenoxy) is 2. The van der Waals surface area contributed by atoms with Crippen LogP contribution in [0.4, 0.5) is 5.69 Å². The highest BCUT2D eigenvalue weighted by atomic mass is 32.1. The third kappa shape index (κ3) is 3.81. The SMILES string of the molecule is COc1ccc(OC)c(N2C(=S)N[C@@H](c3ccccn3)[C@@H]2c2cccn2-c2ccccc2)c1. The largest absolute Gasteiger partial charge is 0.497 e. The van der Waals surface area contributed by atoms with Crippen LogP contribution >= 0.6 is 12.2 Å². The van der Waals surface area contributed by atoms with Gasteiger partial charge in [0.15, 0.2) is 5.11 Å². The number of pyridine rings is 1. The Morgan fingerprint density at radius 2 is 1.73 bits per heavy atom. The van der Waals surface area contributed by atoms with Crippen molar-refractivity contribution in [2.24, 2.45) is 0 Å². The van der Waals surface area contributed by atoms with Crippen LogP contribution in [0.25, 0.3) is 5.69 Å². The third-order valence-corrected chi connectivity index (χ3v) is 6.18. The van der Waals surface area contributed by atoms with Crippen molar-refractivity contribution in [1.29, 1.82) is 0 Å². The Morgan fingerprint density at radius 1 is 0.909 bits per heavy atom. The molecule has 0 aliphatic carbocycles. The quantitative estimate of drug-likeness (QED) is 0.409. The van der Waals surface area contributed by atoms with Gasteiger partial charge in [0.2, 0.25) is 0 Å². The minimum Gasteiger partial charge on any atom is -0.497 e. The van der Waals surface area contributed by atoms with Crippen LogP contribution in [0.1, 0.15) is 23.5 Å². The maximum atomic E-state index is 5.88. The van der Waals surface area contributed by atoms with E-state index in [2.05, 4.69) is 50.2 Å². The number of aromatic nitrogens is 2. The van der Waals surface area contributed by atoms with Crippen LogP contribution in [-0.4, -0.2) is 28.9 Å². The summed E-state index contributed by atoms with van der Waals surface area (Å²) in [6.45, 7) is 0. The second-order valence-corrected chi connectivity index (χ2v) is 8.06. The molecule has 33 heavy (non-hydrogen) atoms. The van der Waals surface area contributed by atoms with Gasteiger partial charge in [-0.05, 0) is 60.7 Å². The maximum absolute atomic E-state index is 5.88. The maximum Gasteiger partial charge on any atom is 0.174 e. The monoisotopic (exact) mass is 456 g/mol. The van der Waals surface area contributed by atoms with E-state index in [0.717, 1.165) is 28.5 Å². The number of thiocarbonyl (C=S) groups is 1. The predicted molar refractivity (Wildman–Crippen MR) is 133 cm³/mol. The van der Waals surface area contributed by atoms with E-state index in [1.165, 1.54) is 0 Å². The summed E-state index contributed by atoms with van der Waals surface area (Å²) >= 11 is 5.88. The zero-order chi connectivity index (χ0) is 22.8. The molecule has 166 valence electrons. The lowest BCUT2D eigenvalue weighted by Crippen LogP contribution is -2.30. The number of benzene rings is 2. The van der Waals surface area contributed by atoms with E-state index >= 15 is 0 Å². The number of anilines is 1. The molecule has 5 rings (SSSR count). The molecule has 2 atom stereocenters. The molecule has 1 aliphatic rings. The summed E-state index contributed by atoms with van der Waals surface area (Å²) in [5, 5.41) is 4.11. The van der Waals surface area contributed by atoms with Crippen LogP contribution in [0.15, 0.2) is 91.3 Å². The fraction of sp³-hybridized carbons (Fsp3) is 0.154. The topological polar surface area (TPSA) is 51.6 Å². The summed E-state index contributed by atoms with van der Waals surface area (Å²) in [4.78, 5) is 6.75. The van der Waals surface area contributed by atoms with Gasteiger partial charge >= 0.3 is 0 Å². The highest BCUT2D eigenvalue weighted by Crippen LogP contribution is 2.45. The van der Waals surface area contributed by atoms with Crippen LogP contribution in [-0.2, 0) is 0 Å². The molecular formula is C26H24N4O2S. The first-order valence-electron chi connectivity index (χ1n) is 10.7.